The molecule has 0 aromatic heterocycles. The van der Waals surface area contributed by atoms with Gasteiger partial charge in [0.05, 0.1) is 12.2 Å². The van der Waals surface area contributed by atoms with E-state index in [9.17, 15) is 14.7 Å². The zero-order valence-electron chi connectivity index (χ0n) is 30.8. The Kier molecular flexibility index (Phi) is 20.3. The van der Waals surface area contributed by atoms with Gasteiger partial charge in [-0.1, -0.05) is 118 Å². The summed E-state index contributed by atoms with van der Waals surface area (Å²) >= 11 is 1.62. The number of aromatic hydroxyl groups is 1. The number of rotatable bonds is 18. The van der Waals surface area contributed by atoms with Crippen molar-refractivity contribution in [2.75, 3.05) is 24.1 Å². The number of benzene rings is 4. The summed E-state index contributed by atoms with van der Waals surface area (Å²) in [5, 5.41) is 12.4. The van der Waals surface area contributed by atoms with Crippen molar-refractivity contribution in [1.82, 2.24) is 0 Å². The lowest BCUT2D eigenvalue weighted by atomic mass is 10.0. The minimum absolute atomic E-state index is 0.126. The van der Waals surface area contributed by atoms with Gasteiger partial charge in [-0.05, 0) is 50.0 Å². The SMILES string of the molecule is C=N/C(=C(\OCSCC1CC(c2ccc(O)cc2)OC(c2ccc(NC=O)cc2)O1)c1ccccc1)c1ccccc1.CCCCCCCC=O.CN. The molecular weight excluding hydrogens is 687 g/mol. The van der Waals surface area contributed by atoms with Crippen LogP contribution in [0.2, 0.25) is 0 Å². The molecule has 1 amide bonds. The maximum Gasteiger partial charge on any atom is 0.211 e. The first-order valence-corrected chi connectivity index (χ1v) is 19.2. The van der Waals surface area contributed by atoms with Crippen LogP contribution < -0.4 is 11.1 Å². The van der Waals surface area contributed by atoms with Crippen molar-refractivity contribution in [3.63, 3.8) is 0 Å². The molecule has 9 nitrogen and oxygen atoms in total. The highest BCUT2D eigenvalue weighted by atomic mass is 32.2. The molecule has 1 heterocycles. The number of unbranched alkanes of at least 4 members (excludes halogenated alkanes) is 5. The maximum atomic E-state index is 10.8. The number of nitrogens with two attached hydrogens (primary N) is 1. The first kappa shape index (κ1) is 42.7. The fraction of sp³-hybridized carbons (Fsp3) is 0.326. The Balaban J connectivity index is 0.000000603. The fourth-order valence-corrected chi connectivity index (χ4v) is 6.33. The molecule has 0 bridgehead atoms. The average Bonchev–Trinajstić information content (AvgIpc) is 3.21. The highest BCUT2D eigenvalue weighted by molar-refractivity contribution is 7.99. The molecule has 0 radical (unpaired) electrons. The van der Waals surface area contributed by atoms with Crippen molar-refractivity contribution in [3.05, 3.63) is 131 Å². The number of nitrogens with one attached hydrogen (secondary N) is 1. The number of thioether (sulfide) groups is 1. The number of carbonyl (C=O) groups excluding carboxylic acids is 2. The number of phenols is 1. The maximum absolute atomic E-state index is 10.8. The molecule has 0 aliphatic carbocycles. The Morgan fingerprint density at radius 2 is 1.49 bits per heavy atom. The second kappa shape index (κ2) is 25.3. The van der Waals surface area contributed by atoms with Gasteiger partial charge >= 0.3 is 0 Å². The number of nitrogens with zero attached hydrogens (tertiary/aromatic N) is 1. The minimum Gasteiger partial charge on any atom is -0.508 e. The zero-order valence-corrected chi connectivity index (χ0v) is 31.6. The second-order valence-corrected chi connectivity index (χ2v) is 13.0. The van der Waals surface area contributed by atoms with E-state index in [1.54, 1.807) is 23.9 Å². The van der Waals surface area contributed by atoms with Crippen LogP contribution in [0.4, 0.5) is 5.69 Å². The van der Waals surface area contributed by atoms with E-state index >= 15 is 0 Å². The smallest absolute Gasteiger partial charge is 0.211 e. The Bertz CT molecular complexity index is 1640. The van der Waals surface area contributed by atoms with Crippen LogP contribution in [0.3, 0.4) is 0 Å². The molecule has 0 saturated carbocycles. The summed E-state index contributed by atoms with van der Waals surface area (Å²) in [7, 11) is 1.50. The molecule has 282 valence electrons. The Morgan fingerprint density at radius 1 is 0.868 bits per heavy atom. The largest absolute Gasteiger partial charge is 0.508 e. The Morgan fingerprint density at radius 3 is 2.09 bits per heavy atom. The lowest BCUT2D eigenvalue weighted by Crippen LogP contribution is -2.31. The van der Waals surface area contributed by atoms with Crippen molar-refractivity contribution in [2.45, 2.75) is 70.4 Å². The number of phenolic OH excluding ortho intramolecular Hbond substituents is 1. The fourth-order valence-electron chi connectivity index (χ4n) is 5.56. The van der Waals surface area contributed by atoms with Gasteiger partial charge in [-0.15, -0.1) is 11.8 Å². The van der Waals surface area contributed by atoms with Crippen molar-refractivity contribution < 1.29 is 28.9 Å². The number of anilines is 1. The van der Waals surface area contributed by atoms with E-state index in [1.165, 1.54) is 32.7 Å². The van der Waals surface area contributed by atoms with Crippen molar-refractivity contribution >= 4 is 48.3 Å². The van der Waals surface area contributed by atoms with Gasteiger partial charge in [-0.25, -0.2) is 0 Å². The first-order valence-electron chi connectivity index (χ1n) is 18.0. The normalized spacial score (nSPS) is 16.7. The highest BCUT2D eigenvalue weighted by Gasteiger charge is 2.32. The second-order valence-electron chi connectivity index (χ2n) is 12.0. The van der Waals surface area contributed by atoms with E-state index < -0.39 is 6.29 Å². The van der Waals surface area contributed by atoms with E-state index in [4.69, 9.17) is 14.2 Å². The van der Waals surface area contributed by atoms with Gasteiger partial charge in [0.2, 0.25) is 6.41 Å². The highest BCUT2D eigenvalue weighted by Crippen LogP contribution is 2.39. The number of carbonyl (C=O) groups is 2. The number of amides is 1. The summed E-state index contributed by atoms with van der Waals surface area (Å²) < 4.78 is 19.1. The molecule has 53 heavy (non-hydrogen) atoms. The van der Waals surface area contributed by atoms with Crippen LogP contribution in [0.5, 0.6) is 5.75 Å². The Hall–Kier alpha value is -4.74. The van der Waals surface area contributed by atoms with Gasteiger partial charge in [0.1, 0.15) is 23.7 Å². The minimum atomic E-state index is -0.594. The summed E-state index contributed by atoms with van der Waals surface area (Å²) in [6.07, 6.45) is 8.31. The molecule has 1 saturated heterocycles. The van der Waals surface area contributed by atoms with Crippen molar-refractivity contribution in [2.24, 2.45) is 10.7 Å². The number of ether oxygens (including phenoxy) is 3. The predicted molar refractivity (Wildman–Crippen MR) is 218 cm³/mol. The molecule has 4 aromatic rings. The molecule has 4 N–H and O–H groups in total. The number of hydrogen-bond donors (Lipinski definition) is 3. The molecular formula is C43H53N3O6S. The van der Waals surface area contributed by atoms with E-state index in [1.807, 2.05) is 97.1 Å². The summed E-state index contributed by atoms with van der Waals surface area (Å²) in [6.45, 7) is 6.01. The standard InChI is InChI=1S/C34H32N2O5S.C8H16O.CH5N/c1-35-32(25-8-4-2-5-9-25)33(26-10-6-3-7-11-26)39-23-42-21-30-20-31(24-14-18-29(38)19-15-24)41-34(40-30)27-12-16-28(17-13-27)36-22-37;1-2-3-4-5-6-7-8-9;1-2/h2-19,22,30-31,34,38H,1,20-21,23H2,(H,36,37);8H,2-7H2,1H3;2H2,1H3/b33-32-;;. The third kappa shape index (κ3) is 14.7. The van der Waals surface area contributed by atoms with E-state index in [2.05, 4.69) is 29.7 Å². The molecule has 1 fully saturated rings. The van der Waals surface area contributed by atoms with Crippen LogP contribution in [0, 0.1) is 0 Å². The van der Waals surface area contributed by atoms with E-state index in [0.29, 0.717) is 41.7 Å². The number of aldehydes is 1. The van der Waals surface area contributed by atoms with Crippen LogP contribution in [-0.4, -0.2) is 49.4 Å². The molecule has 1 aliphatic heterocycles. The lowest BCUT2D eigenvalue weighted by Gasteiger charge is -2.36. The molecule has 1 aliphatic rings. The van der Waals surface area contributed by atoms with Gasteiger partial charge in [0, 0.05) is 41.0 Å². The average molecular weight is 740 g/mol. The molecule has 3 atom stereocenters. The zero-order chi connectivity index (χ0) is 38.1. The van der Waals surface area contributed by atoms with Gasteiger partial charge < -0.3 is 35.2 Å². The quantitative estimate of drug-likeness (QED) is 0.0230. The first-order chi connectivity index (χ1) is 26.1. The molecule has 5 rings (SSSR count). The van der Waals surface area contributed by atoms with Crippen LogP contribution in [-0.2, 0) is 23.8 Å². The molecule has 4 aromatic carbocycles. The van der Waals surface area contributed by atoms with Crippen molar-refractivity contribution in [1.29, 1.82) is 0 Å². The van der Waals surface area contributed by atoms with Gasteiger partial charge in [-0.2, -0.15) is 0 Å². The topological polar surface area (TPSA) is 132 Å². The third-order valence-electron chi connectivity index (χ3n) is 8.23. The van der Waals surface area contributed by atoms with Crippen LogP contribution in [0.25, 0.3) is 11.5 Å². The molecule has 10 heteroatoms. The van der Waals surface area contributed by atoms with Gasteiger partial charge in [0.15, 0.2) is 12.0 Å². The predicted octanol–water partition coefficient (Wildman–Crippen LogP) is 9.56. The monoisotopic (exact) mass is 739 g/mol. The lowest BCUT2D eigenvalue weighted by molar-refractivity contribution is -0.245. The van der Waals surface area contributed by atoms with E-state index in [-0.39, 0.29) is 18.0 Å². The summed E-state index contributed by atoms with van der Waals surface area (Å²) in [5.74, 6) is 1.93. The number of hydrogen-bond acceptors (Lipinski definition) is 9. The van der Waals surface area contributed by atoms with Crippen LogP contribution in [0.1, 0.15) is 86.5 Å². The van der Waals surface area contributed by atoms with Crippen LogP contribution >= 0.6 is 11.8 Å². The summed E-state index contributed by atoms with van der Waals surface area (Å²) in [6, 6.07) is 34.2. The van der Waals surface area contributed by atoms with Crippen LogP contribution in [0.15, 0.2) is 114 Å². The van der Waals surface area contributed by atoms with E-state index in [0.717, 1.165) is 41.4 Å². The Labute approximate surface area is 318 Å². The summed E-state index contributed by atoms with van der Waals surface area (Å²) in [4.78, 5) is 25.0. The van der Waals surface area contributed by atoms with Gasteiger partial charge in [-0.3, -0.25) is 9.79 Å². The van der Waals surface area contributed by atoms with Gasteiger partial charge in [0.25, 0.3) is 0 Å². The molecule has 0 spiro atoms. The summed E-state index contributed by atoms with van der Waals surface area (Å²) in [5.41, 5.74) is 9.54. The third-order valence-corrected chi connectivity index (χ3v) is 9.12. The van der Waals surface area contributed by atoms with Crippen molar-refractivity contribution in [3.8, 4) is 5.75 Å². The molecule has 3 unspecified atom stereocenters. The number of aliphatic imine (C=N–C) groups is 1.